The first kappa shape index (κ1) is 18.0. The van der Waals surface area contributed by atoms with Gasteiger partial charge in [-0.1, -0.05) is 13.3 Å². The molecular weight excluding hydrogens is 270 g/mol. The normalized spacial score (nSPS) is 26.2. The fourth-order valence-corrected chi connectivity index (χ4v) is 4.14. The molecular formula is C19H37N3. The molecule has 0 aromatic carbocycles. The molecule has 2 aliphatic heterocycles. The zero-order valence-corrected chi connectivity index (χ0v) is 14.8. The van der Waals surface area contributed by atoms with Gasteiger partial charge in [0.15, 0.2) is 0 Å². The van der Waals surface area contributed by atoms with Crippen LogP contribution >= 0.6 is 0 Å². The summed E-state index contributed by atoms with van der Waals surface area (Å²) in [4.78, 5) is 8.16. The quantitative estimate of drug-likeness (QED) is 0.723. The Morgan fingerprint density at radius 1 is 0.818 bits per heavy atom. The molecule has 3 heteroatoms. The second-order valence-electron chi connectivity index (χ2n) is 7.21. The third kappa shape index (κ3) is 5.07. The van der Waals surface area contributed by atoms with Crippen LogP contribution < -0.4 is 0 Å². The number of piperazine rings is 1. The van der Waals surface area contributed by atoms with Gasteiger partial charge in [0.2, 0.25) is 0 Å². The van der Waals surface area contributed by atoms with E-state index in [1.165, 1.54) is 90.9 Å². The molecule has 3 nitrogen and oxygen atoms in total. The Kier molecular flexibility index (Phi) is 7.91. The molecule has 0 atom stereocenters. The lowest BCUT2D eigenvalue weighted by Gasteiger charge is -2.44. The van der Waals surface area contributed by atoms with Gasteiger partial charge in [0, 0.05) is 38.8 Å². The van der Waals surface area contributed by atoms with Crippen LogP contribution in [0.5, 0.6) is 0 Å². The molecule has 0 radical (unpaired) electrons. The maximum absolute atomic E-state index is 3.00. The Bertz CT molecular complexity index is 287. The van der Waals surface area contributed by atoms with Crippen LogP contribution in [-0.4, -0.2) is 73.1 Å². The van der Waals surface area contributed by atoms with E-state index in [2.05, 4.69) is 34.8 Å². The number of likely N-dealkylation sites (tertiary alicyclic amines) is 1. The van der Waals surface area contributed by atoms with Crippen molar-refractivity contribution in [2.45, 2.75) is 51.5 Å². The zero-order chi connectivity index (χ0) is 15.8. The van der Waals surface area contributed by atoms with E-state index in [0.717, 1.165) is 12.0 Å². The van der Waals surface area contributed by atoms with Gasteiger partial charge >= 0.3 is 0 Å². The van der Waals surface area contributed by atoms with Crippen LogP contribution in [0.2, 0.25) is 0 Å². The minimum atomic E-state index is 0.953. The van der Waals surface area contributed by atoms with E-state index < -0.39 is 0 Å². The molecule has 2 heterocycles. The molecule has 3 fully saturated rings. The fraction of sp³-hybridized carbons (Fsp3) is 0.895. The third-order valence-corrected chi connectivity index (χ3v) is 5.76. The SMILES string of the molecule is C=C.CCCN1CCC(CN2CCN(C3CCC3)CC2)CC1. The van der Waals surface area contributed by atoms with Crippen LogP contribution in [0.25, 0.3) is 0 Å². The summed E-state index contributed by atoms with van der Waals surface area (Å²) in [5.41, 5.74) is 0. The highest BCUT2D eigenvalue weighted by Gasteiger charge is 2.29. The monoisotopic (exact) mass is 307 g/mol. The highest BCUT2D eigenvalue weighted by atomic mass is 15.3. The summed E-state index contributed by atoms with van der Waals surface area (Å²) >= 11 is 0. The van der Waals surface area contributed by atoms with Crippen molar-refractivity contribution < 1.29 is 0 Å². The summed E-state index contributed by atoms with van der Waals surface area (Å²) < 4.78 is 0. The molecule has 22 heavy (non-hydrogen) atoms. The highest BCUT2D eigenvalue weighted by molar-refractivity contribution is 4.85. The first-order valence-electron chi connectivity index (χ1n) is 9.54. The van der Waals surface area contributed by atoms with Gasteiger partial charge in [-0.2, -0.15) is 0 Å². The molecule has 128 valence electrons. The Hall–Kier alpha value is -0.380. The third-order valence-electron chi connectivity index (χ3n) is 5.76. The lowest BCUT2D eigenvalue weighted by Crippen LogP contribution is -2.53. The van der Waals surface area contributed by atoms with Gasteiger partial charge < -0.3 is 9.80 Å². The number of nitrogens with zero attached hydrogens (tertiary/aromatic N) is 3. The van der Waals surface area contributed by atoms with Crippen molar-refractivity contribution in [3.05, 3.63) is 13.2 Å². The smallest absolute Gasteiger partial charge is 0.0113 e. The van der Waals surface area contributed by atoms with E-state index in [0.29, 0.717) is 0 Å². The zero-order valence-electron chi connectivity index (χ0n) is 14.8. The maximum Gasteiger partial charge on any atom is 0.0113 e. The second-order valence-corrected chi connectivity index (χ2v) is 7.21. The summed E-state index contributed by atoms with van der Waals surface area (Å²) in [6.07, 6.45) is 8.59. The van der Waals surface area contributed by atoms with Crippen molar-refractivity contribution in [1.82, 2.24) is 14.7 Å². The van der Waals surface area contributed by atoms with E-state index in [1.807, 2.05) is 0 Å². The van der Waals surface area contributed by atoms with Crippen molar-refractivity contribution in [2.75, 3.05) is 52.4 Å². The van der Waals surface area contributed by atoms with Gasteiger partial charge in [-0.25, -0.2) is 0 Å². The average molecular weight is 308 g/mol. The van der Waals surface area contributed by atoms with Crippen molar-refractivity contribution in [1.29, 1.82) is 0 Å². The van der Waals surface area contributed by atoms with Crippen molar-refractivity contribution in [2.24, 2.45) is 5.92 Å². The summed E-state index contributed by atoms with van der Waals surface area (Å²) in [5.74, 6) is 0.971. The van der Waals surface area contributed by atoms with E-state index >= 15 is 0 Å². The minimum Gasteiger partial charge on any atom is -0.303 e. The lowest BCUT2D eigenvalue weighted by atomic mass is 9.91. The topological polar surface area (TPSA) is 9.72 Å². The summed E-state index contributed by atoms with van der Waals surface area (Å²) in [6.45, 7) is 19.0. The molecule has 1 aliphatic carbocycles. The Morgan fingerprint density at radius 3 is 1.95 bits per heavy atom. The van der Waals surface area contributed by atoms with Crippen LogP contribution in [0.15, 0.2) is 13.2 Å². The number of piperidine rings is 1. The molecule has 2 saturated heterocycles. The van der Waals surface area contributed by atoms with Crippen LogP contribution in [0.3, 0.4) is 0 Å². The molecule has 0 aromatic heterocycles. The minimum absolute atomic E-state index is 0.953. The first-order chi connectivity index (χ1) is 10.8. The molecule has 0 N–H and O–H groups in total. The van der Waals surface area contributed by atoms with Crippen LogP contribution in [0.4, 0.5) is 0 Å². The largest absolute Gasteiger partial charge is 0.303 e. The molecule has 0 amide bonds. The average Bonchev–Trinajstić information content (AvgIpc) is 2.52. The lowest BCUT2D eigenvalue weighted by molar-refractivity contribution is 0.0482. The Labute approximate surface area is 138 Å². The van der Waals surface area contributed by atoms with Gasteiger partial charge in [-0.05, 0) is 57.7 Å². The predicted octanol–water partition coefficient (Wildman–Crippen LogP) is 3.08. The fourth-order valence-electron chi connectivity index (χ4n) is 4.14. The van der Waals surface area contributed by atoms with Crippen molar-refractivity contribution in [3.8, 4) is 0 Å². The van der Waals surface area contributed by atoms with Crippen LogP contribution in [0, 0.1) is 5.92 Å². The van der Waals surface area contributed by atoms with Gasteiger partial charge in [-0.15, -0.1) is 13.2 Å². The molecule has 3 aliphatic rings. The number of rotatable bonds is 5. The predicted molar refractivity (Wildman–Crippen MR) is 96.4 cm³/mol. The Morgan fingerprint density at radius 2 is 1.45 bits per heavy atom. The Balaban J connectivity index is 0.000000847. The van der Waals surface area contributed by atoms with E-state index in [-0.39, 0.29) is 0 Å². The van der Waals surface area contributed by atoms with Crippen LogP contribution in [0.1, 0.15) is 45.4 Å². The van der Waals surface area contributed by atoms with E-state index in [1.54, 1.807) is 0 Å². The van der Waals surface area contributed by atoms with Gasteiger partial charge in [-0.3, -0.25) is 4.90 Å². The molecule has 0 spiro atoms. The van der Waals surface area contributed by atoms with Gasteiger partial charge in [0.25, 0.3) is 0 Å². The maximum atomic E-state index is 3.00. The van der Waals surface area contributed by atoms with Crippen molar-refractivity contribution >= 4 is 0 Å². The number of hydrogen-bond donors (Lipinski definition) is 0. The molecule has 0 unspecified atom stereocenters. The molecule has 0 bridgehead atoms. The van der Waals surface area contributed by atoms with Crippen molar-refractivity contribution in [3.63, 3.8) is 0 Å². The first-order valence-corrected chi connectivity index (χ1v) is 9.54. The molecule has 1 saturated carbocycles. The number of hydrogen-bond acceptors (Lipinski definition) is 3. The second kappa shape index (κ2) is 9.69. The van der Waals surface area contributed by atoms with Gasteiger partial charge in [0.1, 0.15) is 0 Å². The summed E-state index contributed by atoms with van der Waals surface area (Å²) in [6, 6.07) is 0.953. The van der Waals surface area contributed by atoms with E-state index in [4.69, 9.17) is 0 Å². The van der Waals surface area contributed by atoms with E-state index in [9.17, 15) is 0 Å². The highest BCUT2D eigenvalue weighted by Crippen LogP contribution is 2.26. The van der Waals surface area contributed by atoms with Gasteiger partial charge in [0.05, 0.1) is 0 Å². The summed E-state index contributed by atoms with van der Waals surface area (Å²) in [7, 11) is 0. The van der Waals surface area contributed by atoms with Crippen LogP contribution in [-0.2, 0) is 0 Å². The molecule has 0 aromatic rings. The molecule has 3 rings (SSSR count). The standard InChI is InChI=1S/C17H33N3.C2H4/c1-2-8-18-9-6-16(7-10-18)15-19-11-13-20(14-12-19)17-4-3-5-17;1-2/h16-17H,2-15H2,1H3;1-2H2. The summed E-state index contributed by atoms with van der Waals surface area (Å²) in [5, 5.41) is 0.